The summed E-state index contributed by atoms with van der Waals surface area (Å²) in [7, 11) is 0. The van der Waals surface area contributed by atoms with Gasteiger partial charge in [0.05, 0.1) is 0 Å². The first-order valence-corrected chi connectivity index (χ1v) is 4.02. The molecule has 0 aliphatic carbocycles. The van der Waals surface area contributed by atoms with Crippen LogP contribution >= 0.6 is 0 Å². The van der Waals surface area contributed by atoms with Crippen molar-refractivity contribution in [1.29, 1.82) is 0 Å². The van der Waals surface area contributed by atoms with Crippen LogP contribution in [0.3, 0.4) is 0 Å². The average molecular weight is 205 g/mol. The van der Waals surface area contributed by atoms with E-state index in [1.165, 1.54) is 6.20 Å². The number of benzene rings is 1. The van der Waals surface area contributed by atoms with E-state index < -0.39 is 4.92 Å². The lowest BCUT2D eigenvalue weighted by molar-refractivity contribution is -0.389. The number of imidazole rings is 1. The van der Waals surface area contributed by atoms with E-state index in [-0.39, 0.29) is 13.2 Å². The molecule has 0 aliphatic heterocycles. The van der Waals surface area contributed by atoms with Crippen molar-refractivity contribution < 1.29 is 4.92 Å². The number of hydrogen-bond acceptors (Lipinski definition) is 3. The van der Waals surface area contributed by atoms with Gasteiger partial charge in [0.1, 0.15) is 6.20 Å². The van der Waals surface area contributed by atoms with E-state index in [9.17, 15) is 10.1 Å². The summed E-state index contributed by atoms with van der Waals surface area (Å²) in [5.74, 6) is 0.418. The van der Waals surface area contributed by atoms with Gasteiger partial charge in [0.25, 0.3) is 0 Å². The molecule has 0 saturated heterocycles. The second kappa shape index (κ2) is 4.36. The van der Waals surface area contributed by atoms with Gasteiger partial charge >= 0.3 is 5.82 Å². The molecule has 0 radical (unpaired) electrons. The number of hydrogen-bond donors (Lipinski definition) is 1. The van der Waals surface area contributed by atoms with E-state index in [2.05, 4.69) is 9.97 Å². The molecule has 0 amide bonds. The Morgan fingerprint density at radius 1 is 1.27 bits per heavy atom. The fourth-order valence-electron chi connectivity index (χ4n) is 1.15. The van der Waals surface area contributed by atoms with Crippen molar-refractivity contribution in [1.82, 2.24) is 9.97 Å². The summed E-state index contributed by atoms with van der Waals surface area (Å²) >= 11 is 0. The Labute approximate surface area is 86.9 Å². The zero-order valence-corrected chi connectivity index (χ0v) is 7.18. The lowest BCUT2D eigenvalue weighted by Crippen LogP contribution is -1.87. The predicted molar refractivity (Wildman–Crippen MR) is 57.4 cm³/mol. The highest BCUT2D eigenvalue weighted by atomic mass is 16.6. The van der Waals surface area contributed by atoms with E-state index in [1.807, 2.05) is 30.3 Å². The van der Waals surface area contributed by atoms with Crippen molar-refractivity contribution >= 4 is 5.82 Å². The first kappa shape index (κ1) is 10.9. The summed E-state index contributed by atoms with van der Waals surface area (Å²) in [6, 6.07) is 9.25. The first-order valence-electron chi connectivity index (χ1n) is 4.02. The number of aromatic nitrogens is 2. The molecule has 2 aromatic rings. The van der Waals surface area contributed by atoms with Crippen LogP contribution in [0.15, 0.2) is 36.5 Å². The molecule has 1 heterocycles. The maximum absolute atomic E-state index is 10.4. The molecule has 1 aromatic heterocycles. The second-order valence-electron chi connectivity index (χ2n) is 2.74. The number of nitro groups is 1. The number of nitrogens with one attached hydrogen (secondary N) is 1. The van der Waals surface area contributed by atoms with Crippen LogP contribution in [-0.2, 0) is 0 Å². The Hall–Kier alpha value is -2.17. The number of H-pyrrole nitrogens is 1. The predicted octanol–water partition coefficient (Wildman–Crippen LogP) is 2.62. The van der Waals surface area contributed by atoms with E-state index in [1.54, 1.807) is 0 Å². The molecule has 0 aliphatic rings. The molecule has 5 heteroatoms. The van der Waals surface area contributed by atoms with Gasteiger partial charge < -0.3 is 10.1 Å². The monoisotopic (exact) mass is 205 g/mol. The third-order valence-corrected chi connectivity index (χ3v) is 1.81. The summed E-state index contributed by atoms with van der Waals surface area (Å²) in [4.78, 5) is 16.4. The maximum Gasteiger partial charge on any atom is 0.340 e. The third kappa shape index (κ3) is 2.19. The van der Waals surface area contributed by atoms with Crippen molar-refractivity contribution in [2.45, 2.75) is 7.43 Å². The molecule has 0 bridgehead atoms. The molecule has 1 N–H and O–H groups in total. The number of aromatic amines is 1. The molecule has 0 atom stereocenters. The summed E-state index contributed by atoms with van der Waals surface area (Å²) in [5.41, 5.74) is 0.834. The lowest BCUT2D eigenvalue weighted by atomic mass is 10.2. The molecule has 0 unspecified atom stereocenters. The summed E-state index contributed by atoms with van der Waals surface area (Å²) < 4.78 is 0. The molecular weight excluding hydrogens is 194 g/mol. The van der Waals surface area contributed by atoms with Crippen LogP contribution in [0, 0.1) is 10.1 Å². The Bertz CT molecular complexity index is 451. The van der Waals surface area contributed by atoms with Gasteiger partial charge in [-0.15, -0.1) is 0 Å². The van der Waals surface area contributed by atoms with Crippen LogP contribution in [-0.4, -0.2) is 14.9 Å². The molecule has 2 rings (SSSR count). The summed E-state index contributed by atoms with van der Waals surface area (Å²) in [6.45, 7) is 0. The number of rotatable bonds is 2. The fraction of sp³-hybridized carbons (Fsp3) is 0.100. The van der Waals surface area contributed by atoms with Gasteiger partial charge in [-0.05, 0) is 17.1 Å². The van der Waals surface area contributed by atoms with Crippen LogP contribution in [0.4, 0.5) is 5.82 Å². The van der Waals surface area contributed by atoms with E-state index >= 15 is 0 Å². The van der Waals surface area contributed by atoms with Gasteiger partial charge in [0, 0.05) is 5.56 Å². The summed E-state index contributed by atoms with van der Waals surface area (Å²) in [6.07, 6.45) is 1.21. The highest BCUT2D eigenvalue weighted by molar-refractivity contribution is 5.55. The maximum atomic E-state index is 10.4. The van der Waals surface area contributed by atoms with Crippen molar-refractivity contribution in [3.8, 4) is 11.4 Å². The van der Waals surface area contributed by atoms with Gasteiger partial charge in [-0.1, -0.05) is 25.6 Å². The second-order valence-corrected chi connectivity index (χ2v) is 2.74. The standard InChI is InChI=1S/C9H7N3O2.CH4/c13-12(14)8-6-10-9(11-8)7-4-2-1-3-5-7;/h1-6H,(H,10,11);1H4. The molecule has 0 spiro atoms. The van der Waals surface area contributed by atoms with Crippen molar-refractivity contribution in [3.05, 3.63) is 46.6 Å². The fourth-order valence-corrected chi connectivity index (χ4v) is 1.15. The zero-order chi connectivity index (χ0) is 9.97. The Kier molecular flexibility index (Phi) is 3.17. The Balaban J connectivity index is 0.00000112. The Morgan fingerprint density at radius 3 is 2.47 bits per heavy atom. The van der Waals surface area contributed by atoms with E-state index in [0.29, 0.717) is 5.82 Å². The largest absolute Gasteiger partial charge is 0.358 e. The van der Waals surface area contributed by atoms with Crippen LogP contribution < -0.4 is 0 Å². The third-order valence-electron chi connectivity index (χ3n) is 1.81. The van der Waals surface area contributed by atoms with Crippen molar-refractivity contribution in [3.63, 3.8) is 0 Å². The molecule has 78 valence electrons. The average Bonchev–Trinajstić information content (AvgIpc) is 2.68. The molecule has 1 aromatic carbocycles. The lowest BCUT2D eigenvalue weighted by Gasteiger charge is -1.90. The molecular formula is C10H11N3O2. The Morgan fingerprint density at radius 2 is 1.93 bits per heavy atom. The highest BCUT2D eigenvalue weighted by Crippen LogP contribution is 2.17. The first-order chi connectivity index (χ1) is 6.77. The van der Waals surface area contributed by atoms with Gasteiger partial charge in [-0.3, -0.25) is 0 Å². The summed E-state index contributed by atoms with van der Waals surface area (Å²) in [5, 5.41) is 10.4. The number of nitrogens with zero attached hydrogens (tertiary/aromatic N) is 2. The van der Waals surface area contributed by atoms with Crippen LogP contribution in [0.5, 0.6) is 0 Å². The minimum atomic E-state index is -0.501. The molecule has 5 nitrogen and oxygen atoms in total. The van der Waals surface area contributed by atoms with Crippen LogP contribution in [0.1, 0.15) is 7.43 Å². The molecule has 15 heavy (non-hydrogen) atoms. The molecule has 0 saturated carbocycles. The van der Waals surface area contributed by atoms with Crippen LogP contribution in [0.25, 0.3) is 11.4 Å². The van der Waals surface area contributed by atoms with Gasteiger partial charge in [0.15, 0.2) is 0 Å². The van der Waals surface area contributed by atoms with E-state index in [0.717, 1.165) is 5.56 Å². The highest BCUT2D eigenvalue weighted by Gasteiger charge is 2.10. The smallest absolute Gasteiger partial charge is 0.340 e. The minimum absolute atomic E-state index is 0. The minimum Gasteiger partial charge on any atom is -0.358 e. The topological polar surface area (TPSA) is 71.8 Å². The van der Waals surface area contributed by atoms with Crippen molar-refractivity contribution in [2.75, 3.05) is 0 Å². The molecule has 0 fully saturated rings. The SMILES string of the molecule is C.O=[N+]([O-])c1cnc(-c2ccccc2)[nH]1. The van der Waals surface area contributed by atoms with Crippen LogP contribution in [0.2, 0.25) is 0 Å². The quantitative estimate of drug-likeness (QED) is 0.605. The van der Waals surface area contributed by atoms with Gasteiger partial charge in [-0.25, -0.2) is 9.97 Å². The van der Waals surface area contributed by atoms with Crippen molar-refractivity contribution in [2.24, 2.45) is 0 Å². The van der Waals surface area contributed by atoms with Gasteiger partial charge in [-0.2, -0.15) is 0 Å². The normalized spacial score (nSPS) is 9.33. The van der Waals surface area contributed by atoms with Gasteiger partial charge in [0.2, 0.25) is 5.82 Å². The van der Waals surface area contributed by atoms with E-state index in [4.69, 9.17) is 0 Å². The zero-order valence-electron chi connectivity index (χ0n) is 7.18.